The Morgan fingerprint density at radius 1 is 0.463 bits per heavy atom. The molecule has 0 saturated heterocycles. The predicted octanol–water partition coefficient (Wildman–Crippen LogP) is 14.4. The Labute approximate surface area is 314 Å². The molecule has 0 aliphatic carbocycles. The van der Waals surface area contributed by atoms with Crippen LogP contribution in [0.15, 0.2) is 162 Å². The van der Waals surface area contributed by atoms with Gasteiger partial charge in [0.2, 0.25) is 0 Å². The van der Waals surface area contributed by atoms with Gasteiger partial charge in [-0.05, 0) is 94.8 Å². The van der Waals surface area contributed by atoms with Crippen LogP contribution in [0.4, 0.5) is 0 Å². The van der Waals surface area contributed by atoms with Gasteiger partial charge < -0.3 is 13.2 Å². The summed E-state index contributed by atoms with van der Waals surface area (Å²) in [5.74, 6) is 0. The number of fused-ring (bicyclic) bond motifs is 12. The Balaban J connectivity index is 1.28. The Morgan fingerprint density at radius 2 is 1.07 bits per heavy atom. The molecular weight excluding hydrogens is 677 g/mol. The minimum Gasteiger partial charge on any atom is -0.452 e. The van der Waals surface area contributed by atoms with Crippen LogP contribution in [-0.4, -0.2) is 8.80 Å². The van der Waals surface area contributed by atoms with Gasteiger partial charge in [0, 0.05) is 16.2 Å². The zero-order chi connectivity index (χ0) is 35.7. The minimum atomic E-state index is 0.870. The molecule has 0 atom stereocenters. The Bertz CT molecular complexity index is 3500. The van der Waals surface area contributed by atoms with E-state index in [0.29, 0.717) is 0 Å². The third-order valence-corrected chi connectivity index (χ3v) is 12.7. The number of aryl methyl sites for hydroxylation is 2. The molecule has 0 radical (unpaired) electrons. The molecule has 0 amide bonds. The first-order valence-corrected chi connectivity index (χ1v) is 19.3. The summed E-state index contributed by atoms with van der Waals surface area (Å²) in [4.78, 5) is 0. The van der Waals surface area contributed by atoms with Gasteiger partial charge in [0.05, 0.1) is 47.9 Å². The highest BCUT2D eigenvalue weighted by Gasteiger charge is 2.27. The molecule has 12 rings (SSSR count). The molecule has 54 heavy (non-hydrogen) atoms. The minimum absolute atomic E-state index is 0.870. The third kappa shape index (κ3) is 3.95. The van der Waals surface area contributed by atoms with Crippen LogP contribution in [0, 0.1) is 13.8 Å². The van der Waals surface area contributed by atoms with E-state index in [2.05, 4.69) is 180 Å². The molecule has 0 aliphatic heterocycles. The van der Waals surface area contributed by atoms with E-state index >= 15 is 0 Å². The van der Waals surface area contributed by atoms with Crippen LogP contribution in [0.25, 0.3) is 109 Å². The normalized spacial score (nSPS) is 12.3. The van der Waals surface area contributed by atoms with Gasteiger partial charge in [-0.25, -0.2) is 0 Å². The van der Waals surface area contributed by atoms with E-state index in [1.807, 2.05) is 11.3 Å². The van der Waals surface area contributed by atoms with Gasteiger partial charge in [-0.2, -0.15) is 0 Å². The smallest absolute Gasteiger partial charge is 0.162 e. The SMILES string of the molecule is Cc1cccc(C)c1-c1ccc2c3c4sc5ccccc5n5c6cc(-c7ccccc7-c7ccccc7)ccc6c(c6oc7ccccc7n(c2c1)c63)c45. The predicted molar refractivity (Wildman–Crippen MR) is 229 cm³/mol. The number of hydrogen-bond donors (Lipinski definition) is 0. The van der Waals surface area contributed by atoms with E-state index in [1.165, 1.54) is 92.1 Å². The second-order valence-electron chi connectivity index (χ2n) is 14.6. The van der Waals surface area contributed by atoms with Crippen molar-refractivity contribution in [1.29, 1.82) is 0 Å². The summed E-state index contributed by atoms with van der Waals surface area (Å²) >= 11 is 1.89. The molecule has 4 heteroatoms. The molecule has 3 nitrogen and oxygen atoms in total. The Morgan fingerprint density at radius 3 is 1.87 bits per heavy atom. The zero-order valence-electron chi connectivity index (χ0n) is 29.7. The lowest BCUT2D eigenvalue weighted by atomic mass is 9.94. The van der Waals surface area contributed by atoms with Crippen LogP contribution >= 0.6 is 11.3 Å². The van der Waals surface area contributed by atoms with E-state index in [9.17, 15) is 0 Å². The first-order chi connectivity index (χ1) is 26.6. The van der Waals surface area contributed by atoms with Crippen molar-refractivity contribution in [3.8, 4) is 33.4 Å². The highest BCUT2D eigenvalue weighted by atomic mass is 32.1. The monoisotopic (exact) mass is 708 g/mol. The third-order valence-electron chi connectivity index (χ3n) is 11.6. The molecule has 0 saturated carbocycles. The van der Waals surface area contributed by atoms with E-state index in [0.717, 1.165) is 27.6 Å². The summed E-state index contributed by atoms with van der Waals surface area (Å²) in [7, 11) is 0. The maximum absolute atomic E-state index is 7.13. The van der Waals surface area contributed by atoms with Crippen LogP contribution in [0.3, 0.4) is 0 Å². The number of para-hydroxylation sites is 3. The van der Waals surface area contributed by atoms with Crippen LogP contribution in [-0.2, 0) is 0 Å². The molecule has 254 valence electrons. The van der Waals surface area contributed by atoms with Gasteiger partial charge in [0.25, 0.3) is 0 Å². The fourth-order valence-corrected chi connectivity index (χ4v) is 10.5. The van der Waals surface area contributed by atoms with Crippen molar-refractivity contribution >= 4 is 86.5 Å². The van der Waals surface area contributed by atoms with Crippen molar-refractivity contribution < 1.29 is 4.42 Å². The van der Waals surface area contributed by atoms with Crippen LogP contribution < -0.4 is 0 Å². The van der Waals surface area contributed by atoms with Crippen LogP contribution in [0.2, 0.25) is 0 Å². The highest BCUT2D eigenvalue weighted by Crippen LogP contribution is 2.50. The molecule has 12 aromatic rings. The largest absolute Gasteiger partial charge is 0.452 e. The maximum atomic E-state index is 7.13. The average molecular weight is 709 g/mol. The molecular formula is C50H32N2OS. The summed E-state index contributed by atoms with van der Waals surface area (Å²) in [5.41, 5.74) is 18.7. The summed E-state index contributed by atoms with van der Waals surface area (Å²) in [5, 5.41) is 4.83. The van der Waals surface area contributed by atoms with Gasteiger partial charge in [-0.3, -0.25) is 0 Å². The lowest BCUT2D eigenvalue weighted by Gasteiger charge is -2.12. The second-order valence-corrected chi connectivity index (χ2v) is 15.6. The quantitative estimate of drug-likeness (QED) is 0.168. The number of benzene rings is 8. The lowest BCUT2D eigenvalue weighted by Crippen LogP contribution is -1.92. The van der Waals surface area contributed by atoms with Crippen molar-refractivity contribution in [2.24, 2.45) is 0 Å². The molecule has 0 spiro atoms. The van der Waals surface area contributed by atoms with Gasteiger partial charge in [0.1, 0.15) is 0 Å². The van der Waals surface area contributed by atoms with Crippen LogP contribution in [0.1, 0.15) is 11.1 Å². The van der Waals surface area contributed by atoms with Gasteiger partial charge >= 0.3 is 0 Å². The molecule has 0 aliphatic rings. The topological polar surface area (TPSA) is 22.0 Å². The first-order valence-electron chi connectivity index (χ1n) is 18.5. The average Bonchev–Trinajstić information content (AvgIpc) is 3.74. The van der Waals surface area contributed by atoms with E-state index in [1.54, 1.807) is 0 Å². The molecule has 0 N–H and O–H groups in total. The number of aromatic nitrogens is 2. The van der Waals surface area contributed by atoms with E-state index in [4.69, 9.17) is 4.42 Å². The van der Waals surface area contributed by atoms with Crippen molar-refractivity contribution in [3.05, 3.63) is 169 Å². The Hall–Kier alpha value is -6.62. The summed E-state index contributed by atoms with van der Waals surface area (Å²) in [6.07, 6.45) is 0. The molecule has 0 unspecified atom stereocenters. The van der Waals surface area contributed by atoms with Gasteiger partial charge in [-0.15, -0.1) is 11.3 Å². The summed E-state index contributed by atoms with van der Waals surface area (Å²) < 4.78 is 14.6. The maximum Gasteiger partial charge on any atom is 0.162 e. The van der Waals surface area contributed by atoms with Crippen molar-refractivity contribution in [1.82, 2.24) is 8.80 Å². The molecule has 4 heterocycles. The second kappa shape index (κ2) is 11.0. The van der Waals surface area contributed by atoms with E-state index in [-0.39, 0.29) is 0 Å². The fraction of sp³-hybridized carbons (Fsp3) is 0.0400. The summed E-state index contributed by atoms with van der Waals surface area (Å²) in [6.45, 7) is 4.43. The van der Waals surface area contributed by atoms with Gasteiger partial charge in [-0.1, -0.05) is 121 Å². The number of hydrogen-bond acceptors (Lipinski definition) is 2. The fourth-order valence-electron chi connectivity index (χ4n) is 9.28. The summed E-state index contributed by atoms with van der Waals surface area (Å²) in [6, 6.07) is 57.5. The van der Waals surface area contributed by atoms with Gasteiger partial charge in [0.15, 0.2) is 11.2 Å². The highest BCUT2D eigenvalue weighted by molar-refractivity contribution is 7.25. The van der Waals surface area contributed by atoms with Crippen molar-refractivity contribution in [2.45, 2.75) is 13.8 Å². The standard InChI is InChI=1S/C50H32N2OS/c1-29-13-12-14-30(2)44(29)33-24-26-37-41(28-33)51-38-19-8-10-21-42(38)53-49-45-36-25-23-32(35-18-7-6-17-34(35)31-15-4-3-5-16-31)27-40(36)52-39-20-9-11-22-43(39)54-50(48(45)52)46(37)47(49)51/h3-28H,1-2H3. The number of nitrogens with zero attached hydrogens (tertiary/aromatic N) is 2. The lowest BCUT2D eigenvalue weighted by molar-refractivity contribution is 0.660. The molecule has 0 bridgehead atoms. The van der Waals surface area contributed by atoms with Crippen molar-refractivity contribution in [2.75, 3.05) is 0 Å². The zero-order valence-corrected chi connectivity index (χ0v) is 30.5. The first kappa shape index (κ1) is 29.9. The number of rotatable bonds is 3. The molecule has 0 fully saturated rings. The van der Waals surface area contributed by atoms with E-state index < -0.39 is 0 Å². The molecule has 4 aromatic heterocycles. The van der Waals surface area contributed by atoms with Crippen molar-refractivity contribution in [3.63, 3.8) is 0 Å². The van der Waals surface area contributed by atoms with Crippen LogP contribution in [0.5, 0.6) is 0 Å². The Kier molecular flexibility index (Phi) is 6.07. The molecule has 8 aromatic carbocycles.